The maximum atomic E-state index is 8.45. The van der Waals surface area contributed by atoms with Crippen LogP contribution < -0.4 is 0 Å². The molecule has 0 N–H and O–H groups in total. The molecule has 0 spiro atoms. The SMILES string of the molecule is [N-]=[N+]=Nc1cccc(-c2cnc3ccccc3n2)c1. The predicted molar refractivity (Wildman–Crippen MR) is 73.8 cm³/mol. The van der Waals surface area contributed by atoms with Gasteiger partial charge in [-0.25, -0.2) is 4.98 Å². The van der Waals surface area contributed by atoms with Gasteiger partial charge >= 0.3 is 0 Å². The van der Waals surface area contributed by atoms with Gasteiger partial charge in [0.1, 0.15) is 0 Å². The van der Waals surface area contributed by atoms with Gasteiger partial charge in [-0.3, -0.25) is 4.98 Å². The van der Waals surface area contributed by atoms with Gasteiger partial charge in [0.05, 0.1) is 22.9 Å². The van der Waals surface area contributed by atoms with E-state index in [1.165, 1.54) is 0 Å². The zero-order valence-corrected chi connectivity index (χ0v) is 9.93. The Morgan fingerprint density at radius 1 is 1.00 bits per heavy atom. The Balaban J connectivity index is 2.13. The minimum Gasteiger partial charge on any atom is -0.252 e. The average Bonchev–Trinajstić information content (AvgIpc) is 2.47. The van der Waals surface area contributed by atoms with Crippen molar-refractivity contribution in [1.29, 1.82) is 0 Å². The first-order chi connectivity index (χ1) is 9.36. The fourth-order valence-electron chi connectivity index (χ4n) is 1.88. The van der Waals surface area contributed by atoms with Gasteiger partial charge in [-0.2, -0.15) is 0 Å². The highest BCUT2D eigenvalue weighted by molar-refractivity contribution is 5.77. The van der Waals surface area contributed by atoms with E-state index >= 15 is 0 Å². The number of nitrogens with zero attached hydrogens (tertiary/aromatic N) is 5. The van der Waals surface area contributed by atoms with Crippen molar-refractivity contribution in [2.45, 2.75) is 0 Å². The van der Waals surface area contributed by atoms with Crippen molar-refractivity contribution in [1.82, 2.24) is 9.97 Å². The first kappa shape index (κ1) is 11.2. The van der Waals surface area contributed by atoms with Crippen molar-refractivity contribution in [3.05, 3.63) is 65.2 Å². The third kappa shape index (κ3) is 2.22. The van der Waals surface area contributed by atoms with Gasteiger partial charge in [0, 0.05) is 16.2 Å². The number of para-hydroxylation sites is 2. The quantitative estimate of drug-likeness (QED) is 0.386. The fourth-order valence-corrected chi connectivity index (χ4v) is 1.88. The van der Waals surface area contributed by atoms with Crippen LogP contribution in [0.25, 0.3) is 32.7 Å². The molecule has 1 aromatic heterocycles. The topological polar surface area (TPSA) is 74.5 Å². The highest BCUT2D eigenvalue weighted by atomic mass is 15.1. The molecule has 0 unspecified atom stereocenters. The summed E-state index contributed by atoms with van der Waals surface area (Å²) >= 11 is 0. The number of hydrogen-bond acceptors (Lipinski definition) is 3. The normalized spacial score (nSPS) is 10.1. The number of benzene rings is 2. The molecule has 5 nitrogen and oxygen atoms in total. The molecule has 0 atom stereocenters. The Kier molecular flexibility index (Phi) is 2.80. The molecule has 3 aromatic rings. The van der Waals surface area contributed by atoms with Crippen LogP contribution in [-0.4, -0.2) is 9.97 Å². The van der Waals surface area contributed by atoms with Gasteiger partial charge in [-0.15, -0.1) is 0 Å². The molecule has 19 heavy (non-hydrogen) atoms. The molecule has 0 aliphatic carbocycles. The summed E-state index contributed by atoms with van der Waals surface area (Å²) in [5.74, 6) is 0. The number of rotatable bonds is 2. The van der Waals surface area contributed by atoms with E-state index in [9.17, 15) is 0 Å². The summed E-state index contributed by atoms with van der Waals surface area (Å²) < 4.78 is 0. The van der Waals surface area contributed by atoms with E-state index in [-0.39, 0.29) is 0 Å². The third-order valence-electron chi connectivity index (χ3n) is 2.75. The van der Waals surface area contributed by atoms with Gasteiger partial charge in [-0.1, -0.05) is 35.4 Å². The highest BCUT2D eigenvalue weighted by Crippen LogP contribution is 2.23. The van der Waals surface area contributed by atoms with Crippen LogP contribution >= 0.6 is 0 Å². The molecule has 0 saturated carbocycles. The summed E-state index contributed by atoms with van der Waals surface area (Å²) in [6, 6.07) is 15.0. The lowest BCUT2D eigenvalue weighted by Crippen LogP contribution is -1.87. The van der Waals surface area contributed by atoms with E-state index in [1.54, 1.807) is 18.3 Å². The lowest BCUT2D eigenvalue weighted by atomic mass is 10.1. The van der Waals surface area contributed by atoms with E-state index in [4.69, 9.17) is 5.53 Å². The summed E-state index contributed by atoms with van der Waals surface area (Å²) in [6.45, 7) is 0. The first-order valence-corrected chi connectivity index (χ1v) is 5.74. The molecule has 0 aliphatic heterocycles. The van der Waals surface area contributed by atoms with Crippen molar-refractivity contribution < 1.29 is 0 Å². The Morgan fingerprint density at radius 2 is 1.84 bits per heavy atom. The molecule has 90 valence electrons. The first-order valence-electron chi connectivity index (χ1n) is 5.74. The van der Waals surface area contributed by atoms with Crippen molar-refractivity contribution in [2.24, 2.45) is 5.11 Å². The van der Waals surface area contributed by atoms with Crippen LogP contribution in [-0.2, 0) is 0 Å². The summed E-state index contributed by atoms with van der Waals surface area (Å²) in [5.41, 5.74) is 12.4. The Hall–Kier alpha value is -2.91. The van der Waals surface area contributed by atoms with Crippen molar-refractivity contribution in [3.8, 4) is 11.3 Å². The maximum absolute atomic E-state index is 8.45. The Morgan fingerprint density at radius 3 is 2.68 bits per heavy atom. The summed E-state index contributed by atoms with van der Waals surface area (Å²) in [4.78, 5) is 11.7. The van der Waals surface area contributed by atoms with Crippen LogP contribution in [0.5, 0.6) is 0 Å². The average molecular weight is 247 g/mol. The zero-order valence-electron chi connectivity index (χ0n) is 9.93. The van der Waals surface area contributed by atoms with E-state index in [2.05, 4.69) is 20.0 Å². The molecule has 0 aliphatic rings. The molecule has 0 radical (unpaired) electrons. The van der Waals surface area contributed by atoms with E-state index < -0.39 is 0 Å². The van der Waals surface area contributed by atoms with Crippen LogP contribution in [0.3, 0.4) is 0 Å². The molecule has 0 saturated heterocycles. The van der Waals surface area contributed by atoms with E-state index in [0.717, 1.165) is 22.3 Å². The van der Waals surface area contributed by atoms with Crippen LogP contribution in [0.2, 0.25) is 0 Å². The molecule has 3 rings (SSSR count). The number of fused-ring (bicyclic) bond motifs is 1. The number of aromatic nitrogens is 2. The fraction of sp³-hybridized carbons (Fsp3) is 0. The molecule has 0 bridgehead atoms. The molecular formula is C14H9N5. The van der Waals surface area contributed by atoms with Crippen LogP contribution in [0.15, 0.2) is 59.8 Å². The van der Waals surface area contributed by atoms with Crippen molar-refractivity contribution >= 4 is 16.7 Å². The molecule has 2 aromatic carbocycles. The van der Waals surface area contributed by atoms with Gasteiger partial charge < -0.3 is 0 Å². The highest BCUT2D eigenvalue weighted by Gasteiger charge is 2.02. The second kappa shape index (κ2) is 4.76. The van der Waals surface area contributed by atoms with E-state index in [0.29, 0.717) is 5.69 Å². The van der Waals surface area contributed by atoms with Gasteiger partial charge in [0.2, 0.25) is 0 Å². The maximum Gasteiger partial charge on any atom is 0.0894 e. The second-order valence-corrected chi connectivity index (χ2v) is 3.98. The summed E-state index contributed by atoms with van der Waals surface area (Å²) in [7, 11) is 0. The standard InChI is InChI=1S/C14H9N5/c15-19-18-11-5-3-4-10(8-11)14-9-16-12-6-1-2-7-13(12)17-14/h1-9H. The largest absolute Gasteiger partial charge is 0.252 e. The van der Waals surface area contributed by atoms with Crippen molar-refractivity contribution in [2.75, 3.05) is 0 Å². The van der Waals surface area contributed by atoms with Crippen LogP contribution in [0.4, 0.5) is 5.69 Å². The third-order valence-corrected chi connectivity index (χ3v) is 2.75. The van der Waals surface area contributed by atoms with Gasteiger partial charge in [-0.05, 0) is 23.7 Å². The summed E-state index contributed by atoms with van der Waals surface area (Å²) in [6.07, 6.45) is 1.72. The predicted octanol–water partition coefficient (Wildman–Crippen LogP) is 4.24. The molecule has 1 heterocycles. The van der Waals surface area contributed by atoms with Gasteiger partial charge in [0.15, 0.2) is 0 Å². The molecular weight excluding hydrogens is 238 g/mol. The van der Waals surface area contributed by atoms with Crippen LogP contribution in [0, 0.1) is 0 Å². The Bertz CT molecular complexity index is 790. The van der Waals surface area contributed by atoms with Gasteiger partial charge in [0.25, 0.3) is 0 Å². The second-order valence-electron chi connectivity index (χ2n) is 3.98. The zero-order chi connectivity index (χ0) is 13.1. The van der Waals surface area contributed by atoms with E-state index in [1.807, 2.05) is 36.4 Å². The van der Waals surface area contributed by atoms with Crippen LogP contribution in [0.1, 0.15) is 0 Å². The lowest BCUT2D eigenvalue weighted by Gasteiger charge is -2.03. The molecule has 5 heteroatoms. The molecule has 0 fully saturated rings. The monoisotopic (exact) mass is 247 g/mol. The number of azide groups is 1. The summed E-state index contributed by atoms with van der Waals surface area (Å²) in [5, 5.41) is 3.59. The smallest absolute Gasteiger partial charge is 0.0894 e. The minimum atomic E-state index is 0.565. The lowest BCUT2D eigenvalue weighted by molar-refractivity contribution is 1.29. The number of hydrogen-bond donors (Lipinski definition) is 0. The van der Waals surface area contributed by atoms with Crippen molar-refractivity contribution in [3.63, 3.8) is 0 Å². The Labute approximate surface area is 109 Å². The minimum absolute atomic E-state index is 0.565. The molecule has 0 amide bonds.